The summed E-state index contributed by atoms with van der Waals surface area (Å²) in [5.41, 5.74) is 4.35. The van der Waals surface area contributed by atoms with Crippen molar-refractivity contribution < 1.29 is 19.4 Å². The molecule has 0 aromatic heterocycles. The smallest absolute Gasteiger partial charge is 0.195 e. The molecule has 1 saturated carbocycles. The van der Waals surface area contributed by atoms with Crippen LogP contribution in [0.15, 0.2) is 48.5 Å². The number of aliphatic hydroxyl groups excluding tert-OH is 1. The maximum absolute atomic E-state index is 11.8. The van der Waals surface area contributed by atoms with Crippen molar-refractivity contribution in [2.24, 2.45) is 0 Å². The minimum atomic E-state index is -1.10. The molecule has 126 valence electrons. The van der Waals surface area contributed by atoms with Gasteiger partial charge in [-0.05, 0) is 25.0 Å². The second-order valence-corrected chi connectivity index (χ2v) is 6.33. The van der Waals surface area contributed by atoms with Gasteiger partial charge in [0.05, 0.1) is 13.2 Å². The maximum Gasteiger partial charge on any atom is 0.195 e. The van der Waals surface area contributed by atoms with Gasteiger partial charge < -0.3 is 14.6 Å². The van der Waals surface area contributed by atoms with E-state index in [-0.39, 0.29) is 5.78 Å². The Morgan fingerprint density at radius 1 is 0.833 bits per heavy atom. The molecule has 1 aliphatic rings. The average Bonchev–Trinajstić information content (AvgIpc) is 2.60. The van der Waals surface area contributed by atoms with Gasteiger partial charge in [0, 0.05) is 0 Å². The molecule has 3 unspecified atom stereocenters. The highest BCUT2D eigenvalue weighted by Gasteiger charge is 2.51. The second-order valence-electron chi connectivity index (χ2n) is 6.33. The lowest BCUT2D eigenvalue weighted by Crippen LogP contribution is -2.62. The van der Waals surface area contributed by atoms with Crippen LogP contribution in [0.2, 0.25) is 0 Å². The van der Waals surface area contributed by atoms with E-state index in [9.17, 15) is 9.90 Å². The normalized spacial score (nSPS) is 23.1. The van der Waals surface area contributed by atoms with Crippen molar-refractivity contribution >= 4 is 5.78 Å². The Kier molecular flexibility index (Phi) is 5.09. The third kappa shape index (κ3) is 3.73. The molecule has 3 rings (SSSR count). The molecule has 0 heterocycles. The number of Topliss-reactive ketones (excluding diaryl/α,β-unsaturated/α-hetero) is 1. The highest BCUT2D eigenvalue weighted by Crippen LogP contribution is 2.26. The van der Waals surface area contributed by atoms with Crippen LogP contribution in [-0.2, 0) is 27.5 Å². The van der Waals surface area contributed by atoms with E-state index in [4.69, 9.17) is 9.47 Å². The fourth-order valence-corrected chi connectivity index (χ4v) is 2.64. The van der Waals surface area contributed by atoms with Crippen LogP contribution in [0.1, 0.15) is 22.3 Å². The van der Waals surface area contributed by atoms with Crippen molar-refractivity contribution in [2.75, 3.05) is 0 Å². The molecule has 0 spiro atoms. The van der Waals surface area contributed by atoms with Crippen LogP contribution in [0, 0.1) is 13.8 Å². The van der Waals surface area contributed by atoms with Gasteiger partial charge in [0.15, 0.2) is 5.78 Å². The standard InChI is InChI=1S/C20H22O4/c1-13-3-7-15(8-4-13)11-23-19-17(21)18(22)20(19)24-12-16-9-5-14(2)6-10-16/h3-10,17,19-21H,11-12H2,1-2H3. The van der Waals surface area contributed by atoms with Crippen molar-refractivity contribution in [3.63, 3.8) is 0 Å². The molecule has 24 heavy (non-hydrogen) atoms. The number of benzene rings is 2. The SMILES string of the molecule is Cc1ccc(COC2C(=O)C(O)C2OCc2ccc(C)cc2)cc1. The highest BCUT2D eigenvalue weighted by molar-refractivity contribution is 5.95. The summed E-state index contributed by atoms with van der Waals surface area (Å²) in [6.45, 7) is 4.72. The lowest BCUT2D eigenvalue weighted by Gasteiger charge is -2.39. The topological polar surface area (TPSA) is 55.8 Å². The Hall–Kier alpha value is -2.01. The Bertz CT molecular complexity index is 691. The summed E-state index contributed by atoms with van der Waals surface area (Å²) < 4.78 is 11.4. The van der Waals surface area contributed by atoms with Crippen LogP contribution in [0.25, 0.3) is 0 Å². The van der Waals surface area contributed by atoms with E-state index in [1.165, 1.54) is 11.1 Å². The van der Waals surface area contributed by atoms with Gasteiger partial charge in [0.1, 0.15) is 18.3 Å². The summed E-state index contributed by atoms with van der Waals surface area (Å²) >= 11 is 0. The fraction of sp³-hybridized carbons (Fsp3) is 0.350. The molecule has 4 nitrogen and oxygen atoms in total. The molecule has 1 fully saturated rings. The number of carbonyl (C=O) groups excluding carboxylic acids is 1. The zero-order valence-corrected chi connectivity index (χ0v) is 13.9. The molecule has 0 amide bonds. The Morgan fingerprint density at radius 2 is 1.29 bits per heavy atom. The van der Waals surface area contributed by atoms with E-state index in [0.29, 0.717) is 13.2 Å². The van der Waals surface area contributed by atoms with Gasteiger partial charge in [-0.25, -0.2) is 0 Å². The van der Waals surface area contributed by atoms with Gasteiger partial charge in [-0.3, -0.25) is 4.79 Å². The lowest BCUT2D eigenvalue weighted by atomic mass is 9.86. The van der Waals surface area contributed by atoms with E-state index in [2.05, 4.69) is 0 Å². The Labute approximate surface area is 142 Å². The van der Waals surface area contributed by atoms with Crippen molar-refractivity contribution in [3.8, 4) is 0 Å². The van der Waals surface area contributed by atoms with Gasteiger partial charge in [-0.1, -0.05) is 59.7 Å². The summed E-state index contributed by atoms with van der Waals surface area (Å²) in [6, 6.07) is 15.9. The Balaban J connectivity index is 1.55. The van der Waals surface area contributed by atoms with E-state index in [1.807, 2.05) is 62.4 Å². The molecule has 1 N–H and O–H groups in total. The van der Waals surface area contributed by atoms with Crippen molar-refractivity contribution in [1.82, 2.24) is 0 Å². The number of rotatable bonds is 6. The zero-order chi connectivity index (χ0) is 17.1. The molecule has 0 radical (unpaired) electrons. The molecular formula is C20H22O4. The molecule has 4 heteroatoms. The summed E-state index contributed by atoms with van der Waals surface area (Å²) in [4.78, 5) is 11.8. The molecule has 2 aromatic carbocycles. The first-order valence-corrected chi connectivity index (χ1v) is 8.10. The van der Waals surface area contributed by atoms with Crippen LogP contribution < -0.4 is 0 Å². The molecule has 2 aromatic rings. The minimum Gasteiger partial charge on any atom is -0.382 e. The summed E-state index contributed by atoms with van der Waals surface area (Å²) in [5.74, 6) is -0.309. The van der Waals surface area contributed by atoms with Crippen LogP contribution >= 0.6 is 0 Å². The van der Waals surface area contributed by atoms with Crippen LogP contribution in [0.5, 0.6) is 0 Å². The molecule has 3 atom stereocenters. The molecule has 0 aliphatic heterocycles. The van der Waals surface area contributed by atoms with Gasteiger partial charge >= 0.3 is 0 Å². The molecule has 0 saturated heterocycles. The summed E-state index contributed by atoms with van der Waals surface area (Å²) in [6.07, 6.45) is -2.41. The van der Waals surface area contributed by atoms with Crippen molar-refractivity contribution in [3.05, 3.63) is 70.8 Å². The van der Waals surface area contributed by atoms with E-state index < -0.39 is 18.3 Å². The fourth-order valence-electron chi connectivity index (χ4n) is 2.64. The summed E-state index contributed by atoms with van der Waals surface area (Å²) in [5, 5.41) is 9.85. The van der Waals surface area contributed by atoms with Crippen LogP contribution in [0.3, 0.4) is 0 Å². The molecule has 1 aliphatic carbocycles. The van der Waals surface area contributed by atoms with E-state index in [1.54, 1.807) is 0 Å². The third-order valence-electron chi connectivity index (χ3n) is 4.29. The largest absolute Gasteiger partial charge is 0.382 e. The first kappa shape index (κ1) is 16.8. The van der Waals surface area contributed by atoms with E-state index >= 15 is 0 Å². The third-order valence-corrected chi connectivity index (χ3v) is 4.29. The van der Waals surface area contributed by atoms with Gasteiger partial charge in [0.2, 0.25) is 0 Å². The molecular weight excluding hydrogens is 304 g/mol. The molecule has 0 bridgehead atoms. The lowest BCUT2D eigenvalue weighted by molar-refractivity contribution is -0.200. The number of ketones is 1. The minimum absolute atomic E-state index is 0.309. The van der Waals surface area contributed by atoms with E-state index in [0.717, 1.165) is 11.1 Å². The maximum atomic E-state index is 11.8. The summed E-state index contributed by atoms with van der Waals surface area (Å²) in [7, 11) is 0. The number of aliphatic hydroxyl groups is 1. The van der Waals surface area contributed by atoms with Gasteiger partial charge in [0.25, 0.3) is 0 Å². The van der Waals surface area contributed by atoms with Crippen molar-refractivity contribution in [1.29, 1.82) is 0 Å². The first-order valence-electron chi connectivity index (χ1n) is 8.10. The van der Waals surface area contributed by atoms with Crippen molar-refractivity contribution in [2.45, 2.75) is 45.4 Å². The first-order chi connectivity index (χ1) is 11.5. The average molecular weight is 326 g/mol. The predicted octanol–water partition coefficient (Wildman–Crippen LogP) is 2.72. The van der Waals surface area contributed by atoms with Crippen LogP contribution in [-0.4, -0.2) is 29.2 Å². The highest BCUT2D eigenvalue weighted by atomic mass is 16.6. The number of hydrogen-bond donors (Lipinski definition) is 1. The number of carbonyl (C=O) groups is 1. The van der Waals surface area contributed by atoms with Gasteiger partial charge in [-0.2, -0.15) is 0 Å². The number of ether oxygens (including phenoxy) is 2. The van der Waals surface area contributed by atoms with Gasteiger partial charge in [-0.15, -0.1) is 0 Å². The zero-order valence-electron chi connectivity index (χ0n) is 13.9. The number of hydrogen-bond acceptors (Lipinski definition) is 4. The van der Waals surface area contributed by atoms with Crippen LogP contribution in [0.4, 0.5) is 0 Å². The Morgan fingerprint density at radius 3 is 1.79 bits per heavy atom. The number of aryl methyl sites for hydroxylation is 2. The second kappa shape index (κ2) is 7.26. The predicted molar refractivity (Wildman–Crippen MR) is 90.5 cm³/mol. The monoisotopic (exact) mass is 326 g/mol. The quantitative estimate of drug-likeness (QED) is 0.887.